The zero-order valence-electron chi connectivity index (χ0n) is 29.1. The lowest BCUT2D eigenvalue weighted by Gasteiger charge is -2.09. The molecule has 0 aliphatic rings. The lowest BCUT2D eigenvalue weighted by molar-refractivity contribution is 0.0725. The first kappa shape index (κ1) is 35.7. The van der Waals surface area contributed by atoms with Crippen molar-refractivity contribution in [3.63, 3.8) is 0 Å². The van der Waals surface area contributed by atoms with Crippen LogP contribution in [0.2, 0.25) is 0 Å². The van der Waals surface area contributed by atoms with Crippen molar-refractivity contribution in [2.75, 3.05) is 13.2 Å². The van der Waals surface area contributed by atoms with Crippen LogP contribution in [0, 0.1) is 0 Å². The Morgan fingerprint density at radius 1 is 0.327 bits per heavy atom. The van der Waals surface area contributed by atoms with E-state index in [2.05, 4.69) is 0 Å². The number of ether oxygens (including phenoxy) is 4. The van der Waals surface area contributed by atoms with E-state index in [-0.39, 0.29) is 0 Å². The molecule has 6 rings (SSSR count). The molecule has 0 radical (unpaired) electrons. The summed E-state index contributed by atoms with van der Waals surface area (Å²) in [5, 5.41) is 0. The summed E-state index contributed by atoms with van der Waals surface area (Å²) >= 11 is 0. The Morgan fingerprint density at radius 3 is 1.00 bits per heavy atom. The van der Waals surface area contributed by atoms with Gasteiger partial charge in [0.1, 0.15) is 23.0 Å². The van der Waals surface area contributed by atoms with Gasteiger partial charge in [-0.15, -0.1) is 0 Å². The molecule has 0 aliphatic carbocycles. The number of benzene rings is 6. The van der Waals surface area contributed by atoms with E-state index in [1.54, 1.807) is 48.5 Å². The first-order chi connectivity index (χ1) is 25.6. The fraction of sp³-hybridized carbons (Fsp3) is 0.174. The van der Waals surface area contributed by atoms with Crippen molar-refractivity contribution in [2.45, 2.75) is 38.5 Å². The number of hydrogen-bond donors (Lipinski definition) is 0. The summed E-state index contributed by atoms with van der Waals surface area (Å²) in [7, 11) is 0. The molecule has 6 aromatic carbocycles. The van der Waals surface area contributed by atoms with E-state index in [4.69, 9.17) is 18.9 Å². The monoisotopic (exact) mass is 690 g/mol. The van der Waals surface area contributed by atoms with Gasteiger partial charge in [-0.25, -0.2) is 9.59 Å². The van der Waals surface area contributed by atoms with E-state index in [0.717, 1.165) is 72.3 Å². The summed E-state index contributed by atoms with van der Waals surface area (Å²) in [5.41, 5.74) is 5.30. The molecule has 0 spiro atoms. The van der Waals surface area contributed by atoms with Crippen LogP contribution in [0.5, 0.6) is 23.0 Å². The molecule has 0 unspecified atom stereocenters. The largest absolute Gasteiger partial charge is 0.494 e. The minimum atomic E-state index is -0.393. The number of carbonyl (C=O) groups excluding carboxylic acids is 2. The molecule has 0 amide bonds. The fourth-order valence-electron chi connectivity index (χ4n) is 5.69. The molecule has 0 fully saturated rings. The van der Waals surface area contributed by atoms with Gasteiger partial charge in [0.2, 0.25) is 0 Å². The molecule has 52 heavy (non-hydrogen) atoms. The van der Waals surface area contributed by atoms with Crippen molar-refractivity contribution in [2.24, 2.45) is 0 Å². The maximum Gasteiger partial charge on any atom is 0.343 e. The van der Waals surface area contributed by atoms with Gasteiger partial charge in [-0.2, -0.15) is 0 Å². The first-order valence-electron chi connectivity index (χ1n) is 17.8. The lowest BCUT2D eigenvalue weighted by atomic mass is 10.0. The van der Waals surface area contributed by atoms with Crippen molar-refractivity contribution >= 4 is 11.9 Å². The van der Waals surface area contributed by atoms with Gasteiger partial charge >= 0.3 is 11.9 Å². The van der Waals surface area contributed by atoms with Crippen molar-refractivity contribution in [3.05, 3.63) is 169 Å². The summed E-state index contributed by atoms with van der Waals surface area (Å²) in [5.74, 6) is 1.68. The van der Waals surface area contributed by atoms with Gasteiger partial charge in [0, 0.05) is 0 Å². The number of hydrogen-bond acceptors (Lipinski definition) is 6. The van der Waals surface area contributed by atoms with Crippen LogP contribution in [0.1, 0.15) is 59.2 Å². The normalized spacial score (nSPS) is 10.7. The van der Waals surface area contributed by atoms with Crippen LogP contribution in [0.3, 0.4) is 0 Å². The molecule has 0 heterocycles. The van der Waals surface area contributed by atoms with Gasteiger partial charge in [-0.05, 0) is 108 Å². The van der Waals surface area contributed by atoms with E-state index < -0.39 is 11.9 Å². The van der Waals surface area contributed by atoms with Gasteiger partial charge in [0.05, 0.1) is 24.3 Å². The van der Waals surface area contributed by atoms with Crippen LogP contribution in [0.15, 0.2) is 158 Å². The molecule has 6 nitrogen and oxygen atoms in total. The van der Waals surface area contributed by atoms with E-state index in [9.17, 15) is 9.59 Å². The van der Waals surface area contributed by atoms with E-state index in [1.807, 2.05) is 109 Å². The average Bonchev–Trinajstić information content (AvgIpc) is 3.20. The Bertz CT molecular complexity index is 1820. The van der Waals surface area contributed by atoms with E-state index >= 15 is 0 Å². The maximum atomic E-state index is 12.6. The molecular formula is C46H42O6. The SMILES string of the molecule is O=C(Oc1ccc(OCCCCCCCCOc2ccc(OC(=O)c3ccc(-c4ccccc4)cc3)cc2)cc1)c1ccc(-c2ccccc2)cc1. The van der Waals surface area contributed by atoms with E-state index in [0.29, 0.717) is 35.8 Å². The summed E-state index contributed by atoms with van der Waals surface area (Å²) in [6.07, 6.45) is 6.41. The van der Waals surface area contributed by atoms with Crippen LogP contribution in [0.4, 0.5) is 0 Å². The zero-order chi connectivity index (χ0) is 35.8. The van der Waals surface area contributed by atoms with Crippen molar-refractivity contribution < 1.29 is 28.5 Å². The molecule has 0 N–H and O–H groups in total. The fourth-order valence-corrected chi connectivity index (χ4v) is 5.69. The minimum Gasteiger partial charge on any atom is -0.494 e. The quantitative estimate of drug-likeness (QED) is 0.0539. The number of rotatable bonds is 17. The molecular weight excluding hydrogens is 649 g/mol. The summed E-state index contributed by atoms with van der Waals surface area (Å²) in [4.78, 5) is 25.2. The second-order valence-electron chi connectivity index (χ2n) is 12.4. The van der Waals surface area contributed by atoms with Crippen LogP contribution in [0.25, 0.3) is 22.3 Å². The van der Waals surface area contributed by atoms with Crippen molar-refractivity contribution in [3.8, 4) is 45.3 Å². The standard InChI is InChI=1S/C46H42O6/c47-45(39-21-17-37(18-22-39)35-13-7-5-8-14-35)51-43-29-25-41(26-30-43)49-33-11-3-1-2-4-12-34-50-42-27-31-44(32-28-42)52-46(48)40-23-19-38(20-24-40)36-15-9-6-10-16-36/h5-10,13-32H,1-4,11-12,33-34H2. The second-order valence-corrected chi connectivity index (χ2v) is 12.4. The second kappa shape index (κ2) is 18.7. The van der Waals surface area contributed by atoms with Crippen molar-refractivity contribution in [1.82, 2.24) is 0 Å². The van der Waals surface area contributed by atoms with Crippen LogP contribution in [-0.2, 0) is 0 Å². The number of unbranched alkanes of at least 4 members (excludes halogenated alkanes) is 5. The Morgan fingerprint density at radius 2 is 0.635 bits per heavy atom. The molecule has 0 aliphatic heterocycles. The predicted octanol–water partition coefficient (Wildman–Crippen LogP) is 11.3. The van der Waals surface area contributed by atoms with Gasteiger partial charge < -0.3 is 18.9 Å². The highest BCUT2D eigenvalue weighted by Gasteiger charge is 2.11. The maximum absolute atomic E-state index is 12.6. The van der Waals surface area contributed by atoms with Crippen LogP contribution < -0.4 is 18.9 Å². The highest BCUT2D eigenvalue weighted by molar-refractivity contribution is 5.92. The van der Waals surface area contributed by atoms with Crippen LogP contribution in [-0.4, -0.2) is 25.2 Å². The lowest BCUT2D eigenvalue weighted by Crippen LogP contribution is -2.08. The molecule has 0 saturated carbocycles. The number of esters is 2. The van der Waals surface area contributed by atoms with Crippen LogP contribution >= 0.6 is 0 Å². The molecule has 6 heteroatoms. The Hall–Kier alpha value is -6.14. The Labute approximate surface area is 305 Å². The first-order valence-corrected chi connectivity index (χ1v) is 17.8. The van der Waals surface area contributed by atoms with Gasteiger partial charge in [0.25, 0.3) is 0 Å². The average molecular weight is 691 g/mol. The number of carbonyl (C=O) groups is 2. The molecule has 0 bridgehead atoms. The predicted molar refractivity (Wildman–Crippen MR) is 205 cm³/mol. The molecule has 6 aromatic rings. The minimum absolute atomic E-state index is 0.393. The Kier molecular flexibility index (Phi) is 12.9. The summed E-state index contributed by atoms with van der Waals surface area (Å²) in [6.45, 7) is 1.28. The highest BCUT2D eigenvalue weighted by atomic mass is 16.5. The molecule has 0 atom stereocenters. The van der Waals surface area contributed by atoms with Crippen molar-refractivity contribution in [1.29, 1.82) is 0 Å². The molecule has 0 aromatic heterocycles. The van der Waals surface area contributed by atoms with Gasteiger partial charge in [0.15, 0.2) is 0 Å². The van der Waals surface area contributed by atoms with Gasteiger partial charge in [-0.1, -0.05) is 111 Å². The topological polar surface area (TPSA) is 71.1 Å². The summed E-state index contributed by atoms with van der Waals surface area (Å²) < 4.78 is 22.9. The Balaban J connectivity index is 0.794. The third kappa shape index (κ3) is 10.7. The smallest absolute Gasteiger partial charge is 0.343 e. The molecule has 0 saturated heterocycles. The third-order valence-corrected chi connectivity index (χ3v) is 8.60. The summed E-state index contributed by atoms with van der Waals surface area (Å²) in [6, 6.07) is 49.2. The van der Waals surface area contributed by atoms with Gasteiger partial charge in [-0.3, -0.25) is 0 Å². The highest BCUT2D eigenvalue weighted by Crippen LogP contribution is 2.24. The zero-order valence-corrected chi connectivity index (χ0v) is 29.1. The van der Waals surface area contributed by atoms with E-state index in [1.165, 1.54) is 0 Å². The third-order valence-electron chi connectivity index (χ3n) is 8.60. The molecule has 262 valence electrons.